The molecule has 1 saturated carbocycles. The number of nitrogens with one attached hydrogen (secondary N) is 1. The average Bonchev–Trinajstić information content (AvgIpc) is 3.08. The van der Waals surface area contributed by atoms with Crippen LogP contribution in [-0.2, 0) is 0 Å². The Kier molecular flexibility index (Phi) is 7.96. The van der Waals surface area contributed by atoms with Crippen LogP contribution in [0.1, 0.15) is 25.0 Å². The number of nitrogens with zero attached hydrogens (tertiary/aromatic N) is 3. The summed E-state index contributed by atoms with van der Waals surface area (Å²) in [6.45, 7) is 0. The molecule has 2 aromatic heterocycles. The highest BCUT2D eigenvalue weighted by Gasteiger charge is 2.39. The summed E-state index contributed by atoms with van der Waals surface area (Å²) in [7, 11) is 1.99. The van der Waals surface area contributed by atoms with Gasteiger partial charge in [-0.05, 0) is 41.7 Å². The molecule has 22 heavy (non-hydrogen) atoms. The second-order valence-electron chi connectivity index (χ2n) is 4.79. The van der Waals surface area contributed by atoms with Gasteiger partial charge in [-0.3, -0.25) is 0 Å². The van der Waals surface area contributed by atoms with Gasteiger partial charge in [-0.15, -0.1) is 37.2 Å². The van der Waals surface area contributed by atoms with Crippen molar-refractivity contribution in [2.45, 2.75) is 24.8 Å². The van der Waals surface area contributed by atoms with Crippen LogP contribution in [0.2, 0.25) is 0 Å². The Labute approximate surface area is 156 Å². The van der Waals surface area contributed by atoms with Crippen molar-refractivity contribution in [1.82, 2.24) is 19.9 Å². The highest BCUT2D eigenvalue weighted by atomic mass is 79.9. The number of nitrogen functional groups attached to an aromatic ring is 1. The van der Waals surface area contributed by atoms with Crippen LogP contribution in [0, 0.1) is 11.8 Å². The SMILES string of the molecule is CNC1(CC#Cc2cnc3c(N)c(Br)cnn23)CC1.Cl.Cl.Cl. The Bertz CT molecular complexity index is 703. The summed E-state index contributed by atoms with van der Waals surface area (Å²) in [5, 5.41) is 7.58. The predicted octanol–water partition coefficient (Wildman–Crippen LogP) is 2.83. The van der Waals surface area contributed by atoms with Crippen molar-refractivity contribution >= 4 is 64.5 Å². The van der Waals surface area contributed by atoms with E-state index in [4.69, 9.17) is 5.73 Å². The fourth-order valence-corrected chi connectivity index (χ4v) is 2.26. The number of rotatable bonds is 2. The monoisotopic (exact) mass is 427 g/mol. The van der Waals surface area contributed by atoms with Crippen molar-refractivity contribution in [3.8, 4) is 11.8 Å². The first-order valence-electron chi connectivity index (χ1n) is 6.11. The molecule has 0 bridgehead atoms. The number of anilines is 1. The number of nitrogens with two attached hydrogens (primary N) is 1. The quantitative estimate of drug-likeness (QED) is 0.721. The molecule has 1 fully saturated rings. The molecule has 0 radical (unpaired) electrons. The first-order valence-corrected chi connectivity index (χ1v) is 6.90. The van der Waals surface area contributed by atoms with Crippen LogP contribution in [0.25, 0.3) is 5.65 Å². The number of halogens is 4. The molecule has 9 heteroatoms. The van der Waals surface area contributed by atoms with E-state index < -0.39 is 0 Å². The zero-order chi connectivity index (χ0) is 13.5. The van der Waals surface area contributed by atoms with E-state index >= 15 is 0 Å². The summed E-state index contributed by atoms with van der Waals surface area (Å²) in [4.78, 5) is 4.26. The van der Waals surface area contributed by atoms with Gasteiger partial charge in [0.25, 0.3) is 0 Å². The lowest BCUT2D eigenvalue weighted by molar-refractivity contribution is 0.567. The minimum Gasteiger partial charge on any atom is -0.395 e. The molecule has 0 atom stereocenters. The maximum absolute atomic E-state index is 5.93. The van der Waals surface area contributed by atoms with Gasteiger partial charge in [-0.2, -0.15) is 5.10 Å². The molecule has 2 heterocycles. The summed E-state index contributed by atoms with van der Waals surface area (Å²) in [6.07, 6.45) is 6.61. The molecule has 122 valence electrons. The van der Waals surface area contributed by atoms with Gasteiger partial charge >= 0.3 is 0 Å². The standard InChI is InChI=1S/C13H14BrN5.3ClH/c1-16-13(5-6-13)4-2-3-9-7-17-12-11(15)10(14)8-18-19(9)12;;;/h7-8,16H,4-6,15H2,1H3;3*1H. The van der Waals surface area contributed by atoms with Crippen molar-refractivity contribution in [1.29, 1.82) is 0 Å². The predicted molar refractivity (Wildman–Crippen MR) is 99.4 cm³/mol. The minimum absolute atomic E-state index is 0. The lowest BCUT2D eigenvalue weighted by atomic mass is 10.2. The molecule has 1 aliphatic rings. The summed E-state index contributed by atoms with van der Waals surface area (Å²) in [5.41, 5.74) is 8.15. The van der Waals surface area contributed by atoms with Crippen molar-refractivity contribution in [3.05, 3.63) is 22.6 Å². The van der Waals surface area contributed by atoms with Crippen LogP contribution in [0.5, 0.6) is 0 Å². The van der Waals surface area contributed by atoms with Crippen molar-refractivity contribution in [2.75, 3.05) is 12.8 Å². The molecule has 0 amide bonds. The highest BCUT2D eigenvalue weighted by molar-refractivity contribution is 9.10. The normalized spacial score (nSPS) is 13.9. The lowest BCUT2D eigenvalue weighted by Crippen LogP contribution is -2.26. The van der Waals surface area contributed by atoms with Crippen LogP contribution >= 0.6 is 53.2 Å². The number of hydrogen-bond acceptors (Lipinski definition) is 4. The van der Waals surface area contributed by atoms with Crippen LogP contribution in [0.15, 0.2) is 16.9 Å². The Hall–Kier alpha value is -0.710. The Morgan fingerprint density at radius 2 is 2.05 bits per heavy atom. The maximum atomic E-state index is 5.93. The van der Waals surface area contributed by atoms with E-state index in [2.05, 4.69) is 43.2 Å². The Morgan fingerprint density at radius 1 is 1.36 bits per heavy atom. The van der Waals surface area contributed by atoms with Crippen LogP contribution < -0.4 is 11.1 Å². The number of hydrogen-bond donors (Lipinski definition) is 2. The summed E-state index contributed by atoms with van der Waals surface area (Å²) in [5.74, 6) is 6.32. The largest absolute Gasteiger partial charge is 0.395 e. The molecule has 3 N–H and O–H groups in total. The molecule has 0 aliphatic heterocycles. The summed E-state index contributed by atoms with van der Waals surface area (Å²) >= 11 is 3.34. The molecule has 2 aromatic rings. The fourth-order valence-electron chi connectivity index (χ4n) is 1.99. The Morgan fingerprint density at radius 3 is 2.64 bits per heavy atom. The first-order chi connectivity index (χ1) is 9.15. The zero-order valence-corrected chi connectivity index (χ0v) is 15.8. The Balaban J connectivity index is 0.00000147. The van der Waals surface area contributed by atoms with E-state index in [0.717, 1.165) is 16.6 Å². The number of fused-ring (bicyclic) bond motifs is 1. The van der Waals surface area contributed by atoms with Crippen molar-refractivity contribution in [2.24, 2.45) is 0 Å². The summed E-state index contributed by atoms with van der Waals surface area (Å²) in [6, 6.07) is 0. The second kappa shape index (κ2) is 8.23. The smallest absolute Gasteiger partial charge is 0.179 e. The zero-order valence-electron chi connectivity index (χ0n) is 11.8. The van der Waals surface area contributed by atoms with Gasteiger partial charge in [0.15, 0.2) is 5.65 Å². The third-order valence-corrected chi connectivity index (χ3v) is 4.18. The number of aromatic nitrogens is 3. The first kappa shape index (κ1) is 21.3. The van der Waals surface area contributed by atoms with Crippen molar-refractivity contribution < 1.29 is 0 Å². The molecule has 5 nitrogen and oxygen atoms in total. The molecule has 0 saturated heterocycles. The van der Waals surface area contributed by atoms with Gasteiger partial charge in [0, 0.05) is 12.0 Å². The summed E-state index contributed by atoms with van der Waals surface area (Å²) < 4.78 is 2.42. The van der Waals surface area contributed by atoms with E-state index in [1.165, 1.54) is 12.8 Å². The molecular weight excluding hydrogens is 412 g/mol. The van der Waals surface area contributed by atoms with E-state index in [-0.39, 0.29) is 42.8 Å². The van der Waals surface area contributed by atoms with Crippen LogP contribution in [-0.4, -0.2) is 27.2 Å². The fraction of sp³-hybridized carbons (Fsp3) is 0.385. The molecule has 3 rings (SSSR count). The van der Waals surface area contributed by atoms with Gasteiger partial charge in [-0.25, -0.2) is 9.50 Å². The number of imidazole rings is 1. The topological polar surface area (TPSA) is 68.2 Å². The van der Waals surface area contributed by atoms with Gasteiger partial charge in [0.05, 0.1) is 22.6 Å². The maximum Gasteiger partial charge on any atom is 0.179 e. The van der Waals surface area contributed by atoms with E-state index in [1.807, 2.05) is 7.05 Å². The van der Waals surface area contributed by atoms with Gasteiger partial charge < -0.3 is 11.1 Å². The third-order valence-electron chi connectivity index (χ3n) is 3.55. The lowest BCUT2D eigenvalue weighted by Gasteiger charge is -2.07. The van der Waals surface area contributed by atoms with E-state index in [0.29, 0.717) is 11.3 Å². The van der Waals surface area contributed by atoms with Crippen LogP contribution in [0.3, 0.4) is 0 Å². The molecular formula is C13H17BrCl3N5. The second-order valence-corrected chi connectivity index (χ2v) is 5.65. The molecule has 1 aliphatic carbocycles. The molecule has 0 aromatic carbocycles. The van der Waals surface area contributed by atoms with Gasteiger partial charge in [-0.1, -0.05) is 5.92 Å². The average molecular weight is 430 g/mol. The highest BCUT2D eigenvalue weighted by Crippen LogP contribution is 2.37. The minimum atomic E-state index is 0. The van der Waals surface area contributed by atoms with Crippen molar-refractivity contribution in [3.63, 3.8) is 0 Å². The third kappa shape index (κ3) is 3.98. The van der Waals surface area contributed by atoms with Gasteiger partial charge in [0.2, 0.25) is 0 Å². The molecule has 0 spiro atoms. The van der Waals surface area contributed by atoms with E-state index in [1.54, 1.807) is 16.9 Å². The van der Waals surface area contributed by atoms with Crippen LogP contribution in [0.4, 0.5) is 5.69 Å². The molecule has 0 unspecified atom stereocenters. The van der Waals surface area contributed by atoms with E-state index in [9.17, 15) is 0 Å². The van der Waals surface area contributed by atoms with Gasteiger partial charge in [0.1, 0.15) is 5.69 Å².